The number of amides is 1. The zero-order valence-corrected chi connectivity index (χ0v) is 10.8. The number of carbonyl (C=O) groups is 1. The van der Waals surface area contributed by atoms with E-state index in [2.05, 4.69) is 15.5 Å². The summed E-state index contributed by atoms with van der Waals surface area (Å²) in [6.07, 6.45) is 2.35. The fraction of sp³-hybridized carbons (Fsp3) is 0.667. The highest BCUT2D eigenvalue weighted by atomic mass is 16.6. The van der Waals surface area contributed by atoms with E-state index in [1.54, 1.807) is 0 Å². The number of nitrogens with one attached hydrogen (secondary N) is 2. The van der Waals surface area contributed by atoms with E-state index in [0.29, 0.717) is 11.7 Å². The second-order valence-corrected chi connectivity index (χ2v) is 5.08. The van der Waals surface area contributed by atoms with Gasteiger partial charge in [0.05, 0.1) is 0 Å². The molecule has 1 heterocycles. The minimum Gasteiger partial charge on any atom is -0.446 e. The Labute approximate surface area is 106 Å². The van der Waals surface area contributed by atoms with Gasteiger partial charge >= 0.3 is 6.09 Å². The van der Waals surface area contributed by atoms with Crippen molar-refractivity contribution in [3.05, 3.63) is 11.8 Å². The molecule has 1 aliphatic carbocycles. The van der Waals surface area contributed by atoms with Crippen LogP contribution in [0.2, 0.25) is 0 Å². The molecule has 6 nitrogen and oxygen atoms in total. The van der Waals surface area contributed by atoms with E-state index in [-0.39, 0.29) is 18.2 Å². The third-order valence-corrected chi connectivity index (χ3v) is 3.12. The number of rotatable bonds is 3. The molecular weight excluding hydrogens is 232 g/mol. The summed E-state index contributed by atoms with van der Waals surface area (Å²) < 4.78 is 5.37. The van der Waals surface area contributed by atoms with Gasteiger partial charge in [0.15, 0.2) is 0 Å². The monoisotopic (exact) mass is 252 g/mol. The van der Waals surface area contributed by atoms with E-state index >= 15 is 0 Å². The summed E-state index contributed by atoms with van der Waals surface area (Å²) in [6.45, 7) is 3.82. The first-order chi connectivity index (χ1) is 8.54. The lowest BCUT2D eigenvalue weighted by molar-refractivity contribution is 0.0981. The van der Waals surface area contributed by atoms with Crippen LogP contribution in [0.25, 0.3) is 0 Å². The van der Waals surface area contributed by atoms with Crippen LogP contribution in [0.1, 0.15) is 44.7 Å². The van der Waals surface area contributed by atoms with Gasteiger partial charge in [-0.1, -0.05) is 0 Å². The van der Waals surface area contributed by atoms with Crippen molar-refractivity contribution in [2.75, 3.05) is 5.73 Å². The van der Waals surface area contributed by atoms with Crippen LogP contribution in [0.4, 0.5) is 10.6 Å². The van der Waals surface area contributed by atoms with Crippen LogP contribution in [0.3, 0.4) is 0 Å². The van der Waals surface area contributed by atoms with Crippen molar-refractivity contribution in [2.45, 2.75) is 51.2 Å². The summed E-state index contributed by atoms with van der Waals surface area (Å²) in [4.78, 5) is 11.5. The van der Waals surface area contributed by atoms with Crippen LogP contribution in [0.15, 0.2) is 6.07 Å². The molecule has 0 radical (unpaired) electrons. The predicted octanol–water partition coefficient (Wildman–Crippen LogP) is 1.76. The van der Waals surface area contributed by atoms with E-state index in [4.69, 9.17) is 10.5 Å². The lowest BCUT2D eigenvalue weighted by atomic mass is 10.0. The number of aromatic amines is 1. The number of alkyl carbamates (subject to hydrolysis) is 1. The van der Waals surface area contributed by atoms with Gasteiger partial charge in [0, 0.05) is 23.7 Å². The van der Waals surface area contributed by atoms with Crippen molar-refractivity contribution in [3.63, 3.8) is 0 Å². The number of nitrogen functional groups attached to an aromatic ring is 1. The van der Waals surface area contributed by atoms with Gasteiger partial charge in [0.25, 0.3) is 0 Å². The highest BCUT2D eigenvalue weighted by Gasteiger charge is 2.29. The first kappa shape index (κ1) is 12.7. The number of nitrogens with zero attached hydrogens (tertiary/aromatic N) is 1. The highest BCUT2D eigenvalue weighted by Crippen LogP contribution is 2.35. The van der Waals surface area contributed by atoms with Gasteiger partial charge in [0.2, 0.25) is 0 Å². The summed E-state index contributed by atoms with van der Waals surface area (Å²) in [5.74, 6) is 0.860. The molecule has 0 aliphatic heterocycles. The van der Waals surface area contributed by atoms with Gasteiger partial charge in [-0.2, -0.15) is 5.10 Å². The summed E-state index contributed by atoms with van der Waals surface area (Å²) in [6, 6.07) is 1.95. The van der Waals surface area contributed by atoms with Gasteiger partial charge in [-0.25, -0.2) is 4.79 Å². The van der Waals surface area contributed by atoms with Crippen molar-refractivity contribution in [2.24, 2.45) is 0 Å². The first-order valence-electron chi connectivity index (χ1n) is 6.32. The van der Waals surface area contributed by atoms with Crippen LogP contribution in [-0.4, -0.2) is 28.4 Å². The van der Waals surface area contributed by atoms with Crippen LogP contribution >= 0.6 is 0 Å². The molecule has 6 heteroatoms. The zero-order chi connectivity index (χ0) is 13.1. The molecule has 100 valence electrons. The summed E-state index contributed by atoms with van der Waals surface area (Å²) in [5.41, 5.74) is 6.61. The largest absolute Gasteiger partial charge is 0.446 e. The Kier molecular flexibility index (Phi) is 3.74. The normalized spacial score (nSPS) is 23.3. The number of hydrogen-bond acceptors (Lipinski definition) is 4. The standard InChI is InChI=1S/C12H20N4O2/c1-7(2)14-12(17)18-9-4-3-8(5-9)10-6-11(13)16-15-10/h6-9H,3-5H2,1-2H3,(H,14,17)(H3,13,15,16)/t8-,9?/m0/s1. The Balaban J connectivity index is 1.83. The molecule has 18 heavy (non-hydrogen) atoms. The molecule has 0 bridgehead atoms. The molecule has 1 amide bonds. The minimum atomic E-state index is -0.334. The molecule has 2 atom stereocenters. The van der Waals surface area contributed by atoms with Crippen molar-refractivity contribution < 1.29 is 9.53 Å². The van der Waals surface area contributed by atoms with Crippen molar-refractivity contribution in [1.82, 2.24) is 15.5 Å². The van der Waals surface area contributed by atoms with Crippen molar-refractivity contribution >= 4 is 11.9 Å². The lowest BCUT2D eigenvalue weighted by Crippen LogP contribution is -2.33. The van der Waals surface area contributed by atoms with Crippen LogP contribution in [-0.2, 0) is 4.74 Å². The summed E-state index contributed by atoms with van der Waals surface area (Å²) >= 11 is 0. The van der Waals surface area contributed by atoms with E-state index in [0.717, 1.165) is 25.0 Å². The smallest absolute Gasteiger partial charge is 0.407 e. The van der Waals surface area contributed by atoms with Gasteiger partial charge in [-0.05, 0) is 33.1 Å². The maximum atomic E-state index is 11.5. The van der Waals surface area contributed by atoms with E-state index in [1.165, 1.54) is 0 Å². The van der Waals surface area contributed by atoms with E-state index < -0.39 is 0 Å². The van der Waals surface area contributed by atoms with Gasteiger partial charge in [-0.15, -0.1) is 0 Å². The van der Waals surface area contributed by atoms with Gasteiger partial charge < -0.3 is 15.8 Å². The Bertz CT molecular complexity index is 416. The molecule has 0 saturated heterocycles. The zero-order valence-electron chi connectivity index (χ0n) is 10.8. The molecule has 1 fully saturated rings. The Hall–Kier alpha value is -1.72. The molecule has 0 aromatic carbocycles. The maximum absolute atomic E-state index is 11.5. The number of hydrogen-bond donors (Lipinski definition) is 3. The van der Waals surface area contributed by atoms with Crippen molar-refractivity contribution in [3.8, 4) is 0 Å². The van der Waals surface area contributed by atoms with Gasteiger partial charge in [0.1, 0.15) is 11.9 Å². The van der Waals surface area contributed by atoms with Crippen LogP contribution in [0, 0.1) is 0 Å². The number of carbonyl (C=O) groups excluding carboxylic acids is 1. The average Bonchev–Trinajstić information content (AvgIpc) is 2.85. The number of ether oxygens (including phenoxy) is 1. The topological polar surface area (TPSA) is 93.0 Å². The SMILES string of the molecule is CC(C)NC(=O)OC1CC[C@H](c2cc(N)n[nH]2)C1. The molecular formula is C12H20N4O2. The van der Waals surface area contributed by atoms with Crippen LogP contribution in [0.5, 0.6) is 0 Å². The Morgan fingerprint density at radius 3 is 3.00 bits per heavy atom. The summed E-state index contributed by atoms with van der Waals surface area (Å²) in [5, 5.41) is 9.57. The number of nitrogens with two attached hydrogens (primary N) is 1. The Morgan fingerprint density at radius 1 is 1.61 bits per heavy atom. The highest BCUT2D eigenvalue weighted by molar-refractivity contribution is 5.67. The fourth-order valence-electron chi connectivity index (χ4n) is 2.31. The molecule has 1 saturated carbocycles. The molecule has 1 unspecified atom stereocenters. The second-order valence-electron chi connectivity index (χ2n) is 5.08. The van der Waals surface area contributed by atoms with Gasteiger partial charge in [-0.3, -0.25) is 5.10 Å². The molecule has 1 aromatic heterocycles. The quantitative estimate of drug-likeness (QED) is 0.764. The average molecular weight is 252 g/mol. The molecule has 1 aromatic rings. The van der Waals surface area contributed by atoms with Crippen LogP contribution < -0.4 is 11.1 Å². The van der Waals surface area contributed by atoms with Crippen molar-refractivity contribution in [1.29, 1.82) is 0 Å². The minimum absolute atomic E-state index is 0.0155. The molecule has 4 N–H and O–H groups in total. The third-order valence-electron chi connectivity index (χ3n) is 3.12. The first-order valence-corrected chi connectivity index (χ1v) is 6.32. The lowest BCUT2D eigenvalue weighted by Gasteiger charge is -2.14. The number of anilines is 1. The molecule has 2 rings (SSSR count). The second kappa shape index (κ2) is 5.29. The third kappa shape index (κ3) is 3.15. The summed E-state index contributed by atoms with van der Waals surface area (Å²) in [7, 11) is 0. The maximum Gasteiger partial charge on any atom is 0.407 e. The number of aromatic nitrogens is 2. The Morgan fingerprint density at radius 2 is 2.39 bits per heavy atom. The fourth-order valence-corrected chi connectivity index (χ4v) is 2.31. The predicted molar refractivity (Wildman–Crippen MR) is 68.1 cm³/mol. The molecule has 0 spiro atoms. The van der Waals surface area contributed by atoms with E-state index in [9.17, 15) is 4.79 Å². The van der Waals surface area contributed by atoms with E-state index in [1.807, 2.05) is 19.9 Å². The number of H-pyrrole nitrogens is 1. The molecule has 1 aliphatic rings.